The highest BCUT2D eigenvalue weighted by Gasteiger charge is 2.25. The van der Waals surface area contributed by atoms with Gasteiger partial charge in [0, 0.05) is 0 Å². The van der Waals surface area contributed by atoms with Crippen molar-refractivity contribution in [2.75, 3.05) is 20.3 Å². The van der Waals surface area contributed by atoms with Gasteiger partial charge in [-0.3, -0.25) is 10.1 Å². The minimum Gasteiger partial charge on any atom is -0.468 e. The SMILES string of the molecule is CCC(NC1COC1)C(=O)OC. The third-order valence-corrected chi connectivity index (χ3v) is 1.97. The van der Waals surface area contributed by atoms with Crippen LogP contribution in [0.15, 0.2) is 0 Å². The van der Waals surface area contributed by atoms with Crippen molar-refractivity contribution >= 4 is 5.97 Å². The van der Waals surface area contributed by atoms with Crippen molar-refractivity contribution in [1.29, 1.82) is 0 Å². The van der Waals surface area contributed by atoms with Gasteiger partial charge in [0.1, 0.15) is 6.04 Å². The number of carbonyl (C=O) groups is 1. The minimum atomic E-state index is -0.190. The molecule has 1 fully saturated rings. The first-order valence-electron chi connectivity index (χ1n) is 4.19. The Morgan fingerprint density at radius 1 is 1.75 bits per heavy atom. The summed E-state index contributed by atoms with van der Waals surface area (Å²) in [5, 5.41) is 3.15. The van der Waals surface area contributed by atoms with Crippen LogP contribution in [0.2, 0.25) is 0 Å². The van der Waals surface area contributed by atoms with E-state index in [-0.39, 0.29) is 12.0 Å². The Labute approximate surface area is 72.2 Å². The lowest BCUT2D eigenvalue weighted by atomic mass is 10.1. The second-order valence-corrected chi connectivity index (χ2v) is 2.89. The largest absolute Gasteiger partial charge is 0.468 e. The number of ether oxygens (including phenoxy) is 2. The molecule has 0 aromatic heterocycles. The lowest BCUT2D eigenvalue weighted by molar-refractivity contribution is -0.144. The molecule has 12 heavy (non-hydrogen) atoms. The van der Waals surface area contributed by atoms with Crippen molar-refractivity contribution in [3.05, 3.63) is 0 Å². The number of esters is 1. The van der Waals surface area contributed by atoms with Crippen LogP contribution in [0.3, 0.4) is 0 Å². The average Bonchev–Trinajstić information content (AvgIpc) is 2.02. The van der Waals surface area contributed by atoms with Gasteiger partial charge in [0.05, 0.1) is 26.4 Å². The molecule has 0 amide bonds. The zero-order valence-electron chi connectivity index (χ0n) is 7.50. The first-order chi connectivity index (χ1) is 5.77. The monoisotopic (exact) mass is 173 g/mol. The fraction of sp³-hybridized carbons (Fsp3) is 0.875. The van der Waals surface area contributed by atoms with Crippen molar-refractivity contribution in [3.8, 4) is 0 Å². The summed E-state index contributed by atoms with van der Waals surface area (Å²) < 4.78 is 9.61. The summed E-state index contributed by atoms with van der Waals surface area (Å²) in [5.74, 6) is -0.190. The van der Waals surface area contributed by atoms with E-state index in [4.69, 9.17) is 4.74 Å². The third kappa shape index (κ3) is 2.19. The summed E-state index contributed by atoms with van der Waals surface area (Å²) >= 11 is 0. The number of nitrogens with one attached hydrogen (secondary N) is 1. The topological polar surface area (TPSA) is 47.6 Å². The number of hydrogen-bond donors (Lipinski definition) is 1. The van der Waals surface area contributed by atoms with Gasteiger partial charge in [-0.2, -0.15) is 0 Å². The zero-order valence-corrected chi connectivity index (χ0v) is 7.50. The molecule has 0 saturated carbocycles. The molecule has 1 aliphatic heterocycles. The molecule has 4 heteroatoms. The van der Waals surface area contributed by atoms with E-state index >= 15 is 0 Å². The molecular formula is C8H15NO3. The minimum absolute atomic E-state index is 0.177. The molecule has 0 bridgehead atoms. The summed E-state index contributed by atoms with van der Waals surface area (Å²) in [7, 11) is 1.41. The summed E-state index contributed by atoms with van der Waals surface area (Å²) in [4.78, 5) is 11.1. The fourth-order valence-electron chi connectivity index (χ4n) is 1.11. The highest BCUT2D eigenvalue weighted by molar-refractivity contribution is 5.75. The quantitative estimate of drug-likeness (QED) is 0.604. The molecule has 1 heterocycles. The Morgan fingerprint density at radius 3 is 2.75 bits per heavy atom. The molecule has 70 valence electrons. The van der Waals surface area contributed by atoms with Crippen LogP contribution in [0.4, 0.5) is 0 Å². The molecule has 1 N–H and O–H groups in total. The Morgan fingerprint density at radius 2 is 2.42 bits per heavy atom. The van der Waals surface area contributed by atoms with Gasteiger partial charge in [-0.15, -0.1) is 0 Å². The molecule has 0 radical (unpaired) electrons. The van der Waals surface area contributed by atoms with Gasteiger partial charge in [-0.1, -0.05) is 6.92 Å². The van der Waals surface area contributed by atoms with E-state index in [2.05, 4.69) is 10.1 Å². The summed E-state index contributed by atoms with van der Waals surface area (Å²) in [6.07, 6.45) is 0.753. The molecule has 0 aromatic rings. The van der Waals surface area contributed by atoms with E-state index in [9.17, 15) is 4.79 Å². The maximum absolute atomic E-state index is 11.1. The summed E-state index contributed by atoms with van der Waals surface area (Å²) in [5.41, 5.74) is 0. The van der Waals surface area contributed by atoms with Gasteiger partial charge in [0.25, 0.3) is 0 Å². The molecule has 1 unspecified atom stereocenters. The standard InChI is InChI=1S/C8H15NO3/c1-3-7(8(10)11-2)9-6-4-12-5-6/h6-7,9H,3-5H2,1-2H3. The molecule has 0 spiro atoms. The molecule has 4 nitrogen and oxygen atoms in total. The van der Waals surface area contributed by atoms with Crippen LogP contribution in [0, 0.1) is 0 Å². The molecule has 1 atom stereocenters. The normalized spacial score (nSPS) is 19.8. The predicted octanol–water partition coefficient (Wildman–Crippen LogP) is -0.0736. The van der Waals surface area contributed by atoms with E-state index in [1.807, 2.05) is 6.92 Å². The molecule has 1 saturated heterocycles. The fourth-order valence-corrected chi connectivity index (χ4v) is 1.11. The Bertz CT molecular complexity index is 156. The maximum atomic E-state index is 11.1. The Kier molecular flexibility index (Phi) is 3.49. The molecule has 1 aliphatic rings. The highest BCUT2D eigenvalue weighted by Crippen LogP contribution is 2.03. The van der Waals surface area contributed by atoms with Crippen LogP contribution in [-0.4, -0.2) is 38.4 Å². The summed E-state index contributed by atoms with van der Waals surface area (Å²) in [6.45, 7) is 3.36. The third-order valence-electron chi connectivity index (χ3n) is 1.97. The number of carbonyl (C=O) groups excluding carboxylic acids is 1. The molecule has 1 rings (SSSR count). The lowest BCUT2D eigenvalue weighted by Gasteiger charge is -2.30. The summed E-state index contributed by atoms with van der Waals surface area (Å²) in [6, 6.07) is 0.151. The van der Waals surface area contributed by atoms with Crippen LogP contribution >= 0.6 is 0 Å². The van der Waals surface area contributed by atoms with E-state index in [0.29, 0.717) is 19.3 Å². The molecule has 0 aromatic carbocycles. The number of rotatable bonds is 4. The number of hydrogen-bond acceptors (Lipinski definition) is 4. The first kappa shape index (κ1) is 9.48. The molecule has 0 aliphatic carbocycles. The van der Waals surface area contributed by atoms with Crippen molar-refractivity contribution in [2.45, 2.75) is 25.4 Å². The Balaban J connectivity index is 2.28. The average molecular weight is 173 g/mol. The van der Waals surface area contributed by atoms with Crippen molar-refractivity contribution in [3.63, 3.8) is 0 Å². The zero-order chi connectivity index (χ0) is 8.97. The smallest absolute Gasteiger partial charge is 0.322 e. The number of methoxy groups -OCH3 is 1. The van der Waals surface area contributed by atoms with Crippen LogP contribution in [0.1, 0.15) is 13.3 Å². The lowest BCUT2D eigenvalue weighted by Crippen LogP contribution is -2.52. The predicted molar refractivity (Wildman–Crippen MR) is 43.8 cm³/mol. The van der Waals surface area contributed by atoms with Crippen LogP contribution < -0.4 is 5.32 Å². The van der Waals surface area contributed by atoms with E-state index in [0.717, 1.165) is 6.42 Å². The van der Waals surface area contributed by atoms with Gasteiger partial charge in [-0.25, -0.2) is 0 Å². The second kappa shape index (κ2) is 4.42. The van der Waals surface area contributed by atoms with Crippen molar-refractivity contribution < 1.29 is 14.3 Å². The van der Waals surface area contributed by atoms with Crippen molar-refractivity contribution in [2.24, 2.45) is 0 Å². The van der Waals surface area contributed by atoms with Gasteiger partial charge in [0.2, 0.25) is 0 Å². The van der Waals surface area contributed by atoms with Gasteiger partial charge in [-0.05, 0) is 6.42 Å². The van der Waals surface area contributed by atoms with Gasteiger partial charge in [0.15, 0.2) is 0 Å². The van der Waals surface area contributed by atoms with E-state index < -0.39 is 0 Å². The van der Waals surface area contributed by atoms with E-state index in [1.54, 1.807) is 0 Å². The maximum Gasteiger partial charge on any atom is 0.322 e. The second-order valence-electron chi connectivity index (χ2n) is 2.89. The van der Waals surface area contributed by atoms with Crippen LogP contribution in [0.5, 0.6) is 0 Å². The van der Waals surface area contributed by atoms with Crippen LogP contribution in [-0.2, 0) is 14.3 Å². The van der Waals surface area contributed by atoms with Gasteiger partial charge < -0.3 is 9.47 Å². The van der Waals surface area contributed by atoms with Crippen LogP contribution in [0.25, 0.3) is 0 Å². The van der Waals surface area contributed by atoms with E-state index in [1.165, 1.54) is 7.11 Å². The highest BCUT2D eigenvalue weighted by atomic mass is 16.5. The first-order valence-corrected chi connectivity index (χ1v) is 4.19. The van der Waals surface area contributed by atoms with Gasteiger partial charge >= 0.3 is 5.97 Å². The Hall–Kier alpha value is -0.610. The molecular weight excluding hydrogens is 158 g/mol. The van der Waals surface area contributed by atoms with Crippen molar-refractivity contribution in [1.82, 2.24) is 5.32 Å².